The Kier molecular flexibility index (Phi) is 2.74. The number of benzene rings is 1. The molecule has 2 nitrogen and oxygen atoms in total. The van der Waals surface area contributed by atoms with Crippen molar-refractivity contribution in [2.75, 3.05) is 0 Å². The molecule has 0 bridgehead atoms. The maximum Gasteiger partial charge on any atom is 0.357 e. The van der Waals surface area contributed by atoms with E-state index in [0.717, 1.165) is 0 Å². The van der Waals surface area contributed by atoms with E-state index in [9.17, 15) is 4.79 Å². The third-order valence-corrected chi connectivity index (χ3v) is 1.63. The topological polar surface area (TPSA) is 26.3 Å². The van der Waals surface area contributed by atoms with Crippen LogP contribution in [0.4, 0.5) is 0 Å². The molecule has 0 unspecified atom stereocenters. The van der Waals surface area contributed by atoms with Crippen molar-refractivity contribution in [2.24, 2.45) is 0 Å². The van der Waals surface area contributed by atoms with Crippen molar-refractivity contribution >= 4 is 29.4 Å². The van der Waals surface area contributed by atoms with Gasteiger partial charge in [-0.15, -0.1) is 0 Å². The molecule has 0 aliphatic heterocycles. The summed E-state index contributed by atoms with van der Waals surface area (Å²) in [5, 5.41) is 0.332. The van der Waals surface area contributed by atoms with E-state index in [1.165, 1.54) is 6.07 Å². The number of rotatable bonds is 1. The molecular weight excluding hydrogens is 187 g/mol. The van der Waals surface area contributed by atoms with Crippen LogP contribution in [-0.4, -0.2) is 5.97 Å². The summed E-state index contributed by atoms with van der Waals surface area (Å²) in [7, 11) is 0. The number of halogens is 2. The van der Waals surface area contributed by atoms with Crippen LogP contribution in [0, 0.1) is 0 Å². The predicted molar refractivity (Wildman–Crippen MR) is 42.7 cm³/mol. The van der Waals surface area contributed by atoms with Crippen LogP contribution in [0.15, 0.2) is 24.3 Å². The van der Waals surface area contributed by atoms with Gasteiger partial charge in [-0.3, -0.25) is 0 Å². The molecule has 0 radical (unpaired) electrons. The first-order valence-corrected chi connectivity index (χ1v) is 3.52. The Morgan fingerprint density at radius 1 is 1.36 bits per heavy atom. The maximum absolute atomic E-state index is 10.8. The summed E-state index contributed by atoms with van der Waals surface area (Å²) >= 11 is 10.5. The van der Waals surface area contributed by atoms with Gasteiger partial charge < -0.3 is 4.29 Å². The summed E-state index contributed by atoms with van der Waals surface area (Å²) in [5.74, 6) is -0.641. The zero-order valence-electron chi connectivity index (χ0n) is 5.38. The summed E-state index contributed by atoms with van der Waals surface area (Å²) in [6.45, 7) is 0. The summed E-state index contributed by atoms with van der Waals surface area (Å²) in [6.07, 6.45) is 0. The Morgan fingerprint density at radius 3 is 2.55 bits per heavy atom. The molecule has 0 fully saturated rings. The minimum absolute atomic E-state index is 0.268. The molecule has 0 aromatic heterocycles. The van der Waals surface area contributed by atoms with Crippen LogP contribution in [0.2, 0.25) is 5.02 Å². The van der Waals surface area contributed by atoms with Crippen LogP contribution in [0.1, 0.15) is 10.4 Å². The van der Waals surface area contributed by atoms with E-state index in [1.807, 2.05) is 0 Å². The molecule has 0 saturated heterocycles. The largest absolute Gasteiger partial charge is 0.357 e. The molecule has 0 aliphatic rings. The second-order valence-corrected chi connectivity index (χ2v) is 2.41. The molecule has 4 heteroatoms. The van der Waals surface area contributed by atoms with Crippen molar-refractivity contribution in [3.05, 3.63) is 34.9 Å². The summed E-state index contributed by atoms with van der Waals surface area (Å²) in [6, 6.07) is 6.51. The van der Waals surface area contributed by atoms with Crippen molar-refractivity contribution in [3.8, 4) is 0 Å². The number of hydrogen-bond acceptors (Lipinski definition) is 2. The van der Waals surface area contributed by atoms with Gasteiger partial charge in [-0.1, -0.05) is 23.7 Å². The Bertz CT molecular complexity index is 273. The first-order valence-electron chi connectivity index (χ1n) is 2.83. The molecule has 0 saturated carbocycles. The van der Waals surface area contributed by atoms with E-state index < -0.39 is 5.97 Å². The maximum atomic E-state index is 10.8. The lowest BCUT2D eigenvalue weighted by Crippen LogP contribution is -1.97. The van der Waals surface area contributed by atoms with Crippen molar-refractivity contribution in [2.45, 2.75) is 0 Å². The van der Waals surface area contributed by atoms with Gasteiger partial charge in [0.15, 0.2) is 0 Å². The van der Waals surface area contributed by atoms with Crippen molar-refractivity contribution in [3.63, 3.8) is 0 Å². The van der Waals surface area contributed by atoms with Gasteiger partial charge in [0, 0.05) is 0 Å². The lowest BCUT2D eigenvalue weighted by Gasteiger charge is -1.97. The fraction of sp³-hybridized carbons (Fsp3) is 0. The van der Waals surface area contributed by atoms with Gasteiger partial charge in [0.25, 0.3) is 0 Å². The molecule has 0 amide bonds. The van der Waals surface area contributed by atoms with Gasteiger partial charge in [-0.25, -0.2) is 4.79 Å². The van der Waals surface area contributed by atoms with E-state index in [1.54, 1.807) is 18.2 Å². The van der Waals surface area contributed by atoms with Crippen LogP contribution in [0.5, 0.6) is 0 Å². The first-order chi connectivity index (χ1) is 5.25. The minimum atomic E-state index is -0.641. The molecule has 1 rings (SSSR count). The van der Waals surface area contributed by atoms with Gasteiger partial charge in [0.05, 0.1) is 10.6 Å². The fourth-order valence-electron chi connectivity index (χ4n) is 0.668. The highest BCUT2D eigenvalue weighted by atomic mass is 35.5. The summed E-state index contributed by atoms with van der Waals surface area (Å²) < 4.78 is 3.97. The van der Waals surface area contributed by atoms with Gasteiger partial charge in [0.1, 0.15) is 11.9 Å². The molecule has 11 heavy (non-hydrogen) atoms. The molecule has 0 N–H and O–H groups in total. The number of hydrogen-bond donors (Lipinski definition) is 0. The lowest BCUT2D eigenvalue weighted by molar-refractivity contribution is 0.0751. The molecular formula is C7H4Cl2O2. The van der Waals surface area contributed by atoms with E-state index in [4.69, 9.17) is 23.5 Å². The third kappa shape index (κ3) is 1.85. The average molecular weight is 191 g/mol. The Hall–Kier alpha value is -0.730. The van der Waals surface area contributed by atoms with E-state index in [0.29, 0.717) is 5.02 Å². The SMILES string of the molecule is O=C(OCl)c1ccccc1Cl. The van der Waals surface area contributed by atoms with Crippen molar-refractivity contribution in [1.29, 1.82) is 0 Å². The molecule has 0 atom stereocenters. The zero-order chi connectivity index (χ0) is 8.27. The summed E-state index contributed by atoms with van der Waals surface area (Å²) in [4.78, 5) is 10.8. The number of carbonyl (C=O) groups excluding carboxylic acids is 1. The minimum Gasteiger partial charge on any atom is -0.343 e. The lowest BCUT2D eigenvalue weighted by atomic mass is 10.2. The summed E-state index contributed by atoms with van der Waals surface area (Å²) in [5.41, 5.74) is 0.268. The van der Waals surface area contributed by atoms with E-state index in [2.05, 4.69) is 4.29 Å². The Balaban J connectivity index is 3.03. The second kappa shape index (κ2) is 3.60. The van der Waals surface area contributed by atoms with Crippen LogP contribution in [0.3, 0.4) is 0 Å². The highest BCUT2D eigenvalue weighted by Gasteiger charge is 2.09. The number of carbonyl (C=O) groups is 1. The highest BCUT2D eigenvalue weighted by Crippen LogP contribution is 2.15. The predicted octanol–water partition coefficient (Wildman–Crippen LogP) is 2.65. The van der Waals surface area contributed by atoms with E-state index in [-0.39, 0.29) is 5.56 Å². The molecule has 1 aromatic carbocycles. The third-order valence-electron chi connectivity index (χ3n) is 1.16. The monoisotopic (exact) mass is 190 g/mol. The quantitative estimate of drug-likeness (QED) is 0.681. The van der Waals surface area contributed by atoms with Crippen LogP contribution >= 0.6 is 23.5 Å². The van der Waals surface area contributed by atoms with Gasteiger partial charge in [-0.05, 0) is 12.1 Å². The fourth-order valence-corrected chi connectivity index (χ4v) is 0.964. The standard InChI is InChI=1S/C7H4Cl2O2/c8-6-4-2-1-3-5(6)7(10)11-9/h1-4H. The second-order valence-electron chi connectivity index (χ2n) is 1.84. The van der Waals surface area contributed by atoms with Gasteiger partial charge in [-0.2, -0.15) is 0 Å². The normalized spacial score (nSPS) is 9.27. The first kappa shape index (κ1) is 8.37. The molecule has 0 heterocycles. The molecule has 1 aromatic rings. The smallest absolute Gasteiger partial charge is 0.343 e. The van der Waals surface area contributed by atoms with Crippen molar-refractivity contribution < 1.29 is 9.08 Å². The average Bonchev–Trinajstić information content (AvgIpc) is 2.04. The molecule has 0 aliphatic carbocycles. The van der Waals surface area contributed by atoms with Crippen molar-refractivity contribution in [1.82, 2.24) is 0 Å². The van der Waals surface area contributed by atoms with Crippen LogP contribution in [-0.2, 0) is 4.29 Å². The van der Waals surface area contributed by atoms with Crippen LogP contribution < -0.4 is 0 Å². The van der Waals surface area contributed by atoms with E-state index >= 15 is 0 Å². The zero-order valence-corrected chi connectivity index (χ0v) is 6.89. The van der Waals surface area contributed by atoms with Gasteiger partial charge >= 0.3 is 5.97 Å². The highest BCUT2D eigenvalue weighted by molar-refractivity contribution is 6.34. The Morgan fingerprint density at radius 2 is 2.00 bits per heavy atom. The van der Waals surface area contributed by atoms with Crippen LogP contribution in [0.25, 0.3) is 0 Å². The Labute approximate surface area is 73.9 Å². The van der Waals surface area contributed by atoms with Gasteiger partial charge in [0.2, 0.25) is 0 Å². The molecule has 0 spiro atoms. The molecule has 58 valence electrons.